The molecular weight excluding hydrogens is 228 g/mol. The summed E-state index contributed by atoms with van der Waals surface area (Å²) in [4.78, 5) is 12.8. The topological polar surface area (TPSA) is 49.8 Å². The van der Waals surface area contributed by atoms with Crippen LogP contribution in [-0.2, 0) is 9.53 Å². The van der Waals surface area contributed by atoms with Crippen LogP contribution < -0.4 is 0 Å². The van der Waals surface area contributed by atoms with E-state index in [0.29, 0.717) is 5.57 Å². The zero-order valence-corrected chi connectivity index (χ0v) is 12.4. The molecule has 3 atom stereocenters. The van der Waals surface area contributed by atoms with Gasteiger partial charge in [-0.05, 0) is 18.4 Å². The van der Waals surface area contributed by atoms with Gasteiger partial charge in [0.05, 0.1) is 0 Å². The summed E-state index contributed by atoms with van der Waals surface area (Å²) in [7, 11) is 0. The van der Waals surface area contributed by atoms with Crippen LogP contribution in [0.25, 0.3) is 0 Å². The minimum atomic E-state index is -1.07. The van der Waals surface area contributed by atoms with Crippen molar-refractivity contribution in [2.75, 3.05) is 0 Å². The minimum absolute atomic E-state index is 0.0408. The van der Waals surface area contributed by atoms with Gasteiger partial charge in [-0.2, -0.15) is 0 Å². The molecule has 0 aromatic heterocycles. The molecule has 0 bridgehead atoms. The Balaban J connectivity index is 2.56. The smallest absolute Gasteiger partial charge is 0.194 e. The van der Waals surface area contributed by atoms with E-state index in [2.05, 4.69) is 0 Å². The Kier molecular flexibility index (Phi) is 2.49. The van der Waals surface area contributed by atoms with Gasteiger partial charge in [-0.15, -0.1) is 0 Å². The Morgan fingerprint density at radius 2 is 1.72 bits per heavy atom. The molecular formula is C15H24O3. The maximum Gasteiger partial charge on any atom is 0.194 e. The number of ether oxygens (including phenoxy) is 1. The molecule has 102 valence electrons. The third-order valence-electron chi connectivity index (χ3n) is 4.09. The lowest BCUT2D eigenvalue weighted by atomic mass is 9.63. The zero-order chi connectivity index (χ0) is 14.1. The highest BCUT2D eigenvalue weighted by Gasteiger charge is 2.75. The van der Waals surface area contributed by atoms with Crippen LogP contribution in [0.5, 0.6) is 0 Å². The van der Waals surface area contributed by atoms with Gasteiger partial charge in [0.15, 0.2) is 11.4 Å². The van der Waals surface area contributed by atoms with Gasteiger partial charge in [-0.1, -0.05) is 41.5 Å². The predicted molar refractivity (Wildman–Crippen MR) is 70.2 cm³/mol. The van der Waals surface area contributed by atoms with Gasteiger partial charge in [0.1, 0.15) is 11.7 Å². The molecule has 0 spiro atoms. The number of aliphatic hydroxyl groups is 1. The Hall–Kier alpha value is -0.670. The Morgan fingerprint density at radius 3 is 2.11 bits per heavy atom. The molecule has 1 N–H and O–H groups in total. The molecule has 2 rings (SSSR count). The molecule has 3 heteroatoms. The first-order chi connectivity index (χ1) is 7.84. The second-order valence-corrected chi connectivity index (χ2v) is 7.85. The lowest BCUT2D eigenvalue weighted by Gasteiger charge is -2.37. The fourth-order valence-electron chi connectivity index (χ4n) is 2.96. The van der Waals surface area contributed by atoms with E-state index in [0.717, 1.165) is 0 Å². The summed E-state index contributed by atoms with van der Waals surface area (Å²) >= 11 is 0. The first-order valence-electron chi connectivity index (χ1n) is 6.52. The van der Waals surface area contributed by atoms with E-state index < -0.39 is 17.3 Å². The summed E-state index contributed by atoms with van der Waals surface area (Å²) in [5, 5.41) is 10.5. The fourth-order valence-corrected chi connectivity index (χ4v) is 2.96. The van der Waals surface area contributed by atoms with Gasteiger partial charge in [-0.3, -0.25) is 4.79 Å². The van der Waals surface area contributed by atoms with Gasteiger partial charge in [0.25, 0.3) is 0 Å². The van der Waals surface area contributed by atoms with Crippen molar-refractivity contribution in [1.82, 2.24) is 0 Å². The molecule has 0 saturated carbocycles. The first kappa shape index (κ1) is 13.8. The molecule has 1 aliphatic heterocycles. The van der Waals surface area contributed by atoms with Crippen molar-refractivity contribution in [1.29, 1.82) is 0 Å². The normalized spacial score (nSPS) is 40.3. The molecule has 1 fully saturated rings. The van der Waals surface area contributed by atoms with E-state index in [1.165, 1.54) is 0 Å². The number of carbonyl (C=O) groups is 1. The summed E-state index contributed by atoms with van der Waals surface area (Å²) in [5.74, 6) is 0.0408. The third kappa shape index (κ3) is 1.60. The van der Waals surface area contributed by atoms with Gasteiger partial charge in [0.2, 0.25) is 0 Å². The molecule has 1 heterocycles. The molecule has 1 saturated heterocycles. The SMILES string of the molecule is CC(C)(C)C1=CC(C)(O)C2OC2(C(C)(C)C)C1=O. The van der Waals surface area contributed by atoms with E-state index >= 15 is 0 Å². The second-order valence-electron chi connectivity index (χ2n) is 7.85. The Bertz CT molecular complexity index is 432. The third-order valence-corrected chi connectivity index (χ3v) is 4.09. The summed E-state index contributed by atoms with van der Waals surface area (Å²) < 4.78 is 5.73. The summed E-state index contributed by atoms with van der Waals surface area (Å²) in [6.07, 6.45) is 1.28. The van der Waals surface area contributed by atoms with Gasteiger partial charge >= 0.3 is 0 Å². The molecule has 0 amide bonds. The largest absolute Gasteiger partial charge is 0.383 e. The number of Topliss-reactive ketones (excluding diaryl/α,β-unsaturated/α-hetero) is 1. The van der Waals surface area contributed by atoms with E-state index in [9.17, 15) is 9.90 Å². The molecule has 2 aliphatic rings. The van der Waals surface area contributed by atoms with Crippen LogP contribution in [0.4, 0.5) is 0 Å². The van der Waals surface area contributed by atoms with Crippen LogP contribution in [0.15, 0.2) is 11.6 Å². The molecule has 0 aromatic carbocycles. The van der Waals surface area contributed by atoms with E-state index in [1.54, 1.807) is 13.0 Å². The number of rotatable bonds is 0. The summed E-state index contributed by atoms with van der Waals surface area (Å²) in [6.45, 7) is 13.7. The van der Waals surface area contributed by atoms with Crippen LogP contribution in [0.2, 0.25) is 0 Å². The predicted octanol–water partition coefficient (Wildman–Crippen LogP) is 2.48. The van der Waals surface area contributed by atoms with Crippen LogP contribution >= 0.6 is 0 Å². The van der Waals surface area contributed by atoms with Gasteiger partial charge in [0, 0.05) is 11.0 Å². The molecule has 1 aliphatic carbocycles. The van der Waals surface area contributed by atoms with Gasteiger partial charge < -0.3 is 9.84 Å². The van der Waals surface area contributed by atoms with Gasteiger partial charge in [-0.25, -0.2) is 0 Å². The van der Waals surface area contributed by atoms with Crippen molar-refractivity contribution in [3.8, 4) is 0 Å². The number of ketones is 1. The number of carbonyl (C=O) groups excluding carboxylic acids is 1. The minimum Gasteiger partial charge on any atom is -0.383 e. The van der Waals surface area contributed by atoms with Crippen LogP contribution in [0.1, 0.15) is 48.5 Å². The first-order valence-corrected chi connectivity index (χ1v) is 6.52. The summed E-state index contributed by atoms with van der Waals surface area (Å²) in [5.41, 5.74) is -1.84. The monoisotopic (exact) mass is 252 g/mol. The van der Waals surface area contributed by atoms with Crippen LogP contribution in [0, 0.1) is 10.8 Å². The number of hydrogen-bond donors (Lipinski definition) is 1. The Morgan fingerprint density at radius 1 is 1.22 bits per heavy atom. The molecule has 18 heavy (non-hydrogen) atoms. The number of epoxide rings is 1. The van der Waals surface area contributed by atoms with E-state index in [1.807, 2.05) is 41.5 Å². The van der Waals surface area contributed by atoms with Crippen molar-refractivity contribution in [2.24, 2.45) is 10.8 Å². The zero-order valence-electron chi connectivity index (χ0n) is 12.4. The summed E-state index contributed by atoms with van der Waals surface area (Å²) in [6, 6.07) is 0. The maximum absolute atomic E-state index is 12.8. The van der Waals surface area contributed by atoms with E-state index in [-0.39, 0.29) is 16.6 Å². The second kappa shape index (κ2) is 3.26. The molecule has 3 nitrogen and oxygen atoms in total. The lowest BCUT2D eigenvalue weighted by Crippen LogP contribution is -2.52. The highest BCUT2D eigenvalue weighted by atomic mass is 16.6. The highest BCUT2D eigenvalue weighted by Crippen LogP contribution is 2.60. The molecule has 0 aromatic rings. The highest BCUT2D eigenvalue weighted by molar-refractivity contribution is 6.07. The average molecular weight is 252 g/mol. The number of fused-ring (bicyclic) bond motifs is 1. The van der Waals surface area contributed by atoms with Crippen molar-refractivity contribution in [2.45, 2.75) is 65.8 Å². The molecule has 3 unspecified atom stereocenters. The van der Waals surface area contributed by atoms with Crippen LogP contribution in [0.3, 0.4) is 0 Å². The number of hydrogen-bond acceptors (Lipinski definition) is 3. The fraction of sp³-hybridized carbons (Fsp3) is 0.800. The average Bonchev–Trinajstić information content (AvgIpc) is 2.85. The standard InChI is InChI=1S/C15H24O3/c1-12(2,3)9-8-14(7,17)11-15(18-11,10(9)16)13(4,5)6/h8,11,17H,1-7H3. The molecule has 0 radical (unpaired) electrons. The maximum atomic E-state index is 12.8. The Labute approximate surface area is 109 Å². The van der Waals surface area contributed by atoms with Crippen LogP contribution in [-0.4, -0.2) is 28.2 Å². The quantitative estimate of drug-likeness (QED) is 0.674. The lowest BCUT2D eigenvalue weighted by molar-refractivity contribution is -0.125. The van der Waals surface area contributed by atoms with Crippen molar-refractivity contribution in [3.63, 3.8) is 0 Å². The van der Waals surface area contributed by atoms with Crippen molar-refractivity contribution >= 4 is 5.78 Å². The van der Waals surface area contributed by atoms with Crippen molar-refractivity contribution in [3.05, 3.63) is 11.6 Å². The van der Waals surface area contributed by atoms with E-state index in [4.69, 9.17) is 4.74 Å². The van der Waals surface area contributed by atoms with Crippen molar-refractivity contribution < 1.29 is 14.6 Å².